The second-order valence-corrected chi connectivity index (χ2v) is 6.58. The molecule has 0 heterocycles. The molecule has 1 fully saturated rings. The number of methoxy groups -OCH3 is 1. The normalized spacial score (nSPS) is 23.6. The predicted molar refractivity (Wildman–Crippen MR) is 78.9 cm³/mol. The van der Waals surface area contributed by atoms with E-state index in [9.17, 15) is 0 Å². The second-order valence-electron chi connectivity index (χ2n) is 6.58. The maximum absolute atomic E-state index is 5.97. The fourth-order valence-corrected chi connectivity index (χ4v) is 3.03. The summed E-state index contributed by atoms with van der Waals surface area (Å²) in [6.07, 6.45) is 6.89. The number of hydrogen-bond donors (Lipinski definition) is 1. The summed E-state index contributed by atoms with van der Waals surface area (Å²) in [6.45, 7) is 11.1. The summed E-state index contributed by atoms with van der Waals surface area (Å²) in [6, 6.07) is 0.394. The van der Waals surface area contributed by atoms with Crippen LogP contribution in [0, 0.1) is 5.41 Å². The Kier molecular flexibility index (Phi) is 5.42. The summed E-state index contributed by atoms with van der Waals surface area (Å²) in [7, 11) is 3.92. The van der Waals surface area contributed by atoms with Gasteiger partial charge in [0.25, 0.3) is 0 Å². The van der Waals surface area contributed by atoms with Crippen molar-refractivity contribution < 1.29 is 4.74 Å². The van der Waals surface area contributed by atoms with E-state index in [1.54, 1.807) is 0 Å². The minimum atomic E-state index is 0.00236. The summed E-state index contributed by atoms with van der Waals surface area (Å²) >= 11 is 0. The molecule has 2 nitrogen and oxygen atoms in total. The van der Waals surface area contributed by atoms with E-state index >= 15 is 0 Å². The van der Waals surface area contributed by atoms with Crippen LogP contribution in [-0.4, -0.2) is 25.8 Å². The van der Waals surface area contributed by atoms with E-state index in [2.05, 4.69) is 32.7 Å². The van der Waals surface area contributed by atoms with Crippen molar-refractivity contribution in [3.8, 4) is 0 Å². The Balaban J connectivity index is 2.76. The lowest BCUT2D eigenvalue weighted by molar-refractivity contribution is -0.0847. The van der Waals surface area contributed by atoms with E-state index in [0.29, 0.717) is 11.5 Å². The van der Waals surface area contributed by atoms with Crippen molar-refractivity contribution in [1.82, 2.24) is 5.32 Å². The Bertz CT molecular complexity index is 273. The molecular formula is C16H31NO. The monoisotopic (exact) mass is 253 g/mol. The summed E-state index contributed by atoms with van der Waals surface area (Å²) in [5.41, 5.74) is 1.79. The van der Waals surface area contributed by atoms with Crippen LogP contribution in [0.3, 0.4) is 0 Å². The number of hydrogen-bond acceptors (Lipinski definition) is 2. The van der Waals surface area contributed by atoms with Crippen molar-refractivity contribution in [2.75, 3.05) is 14.2 Å². The molecule has 1 atom stereocenters. The van der Waals surface area contributed by atoms with Crippen LogP contribution in [0.4, 0.5) is 0 Å². The second kappa shape index (κ2) is 6.21. The minimum Gasteiger partial charge on any atom is -0.377 e. The Morgan fingerprint density at radius 3 is 2.22 bits per heavy atom. The summed E-state index contributed by atoms with van der Waals surface area (Å²) in [5, 5.41) is 3.47. The average Bonchev–Trinajstić information content (AvgIpc) is 2.36. The summed E-state index contributed by atoms with van der Waals surface area (Å²) in [5.74, 6) is 0. The molecule has 106 valence electrons. The molecule has 2 heteroatoms. The van der Waals surface area contributed by atoms with Crippen LogP contribution in [-0.2, 0) is 4.74 Å². The van der Waals surface area contributed by atoms with Gasteiger partial charge in [-0.3, -0.25) is 0 Å². The molecule has 0 aromatic rings. The maximum Gasteiger partial charge on any atom is 0.0834 e. The molecule has 0 aromatic carbocycles. The van der Waals surface area contributed by atoms with Crippen molar-refractivity contribution in [2.24, 2.45) is 5.41 Å². The zero-order valence-corrected chi connectivity index (χ0v) is 12.9. The van der Waals surface area contributed by atoms with E-state index < -0.39 is 0 Å². The van der Waals surface area contributed by atoms with Gasteiger partial charge in [0.1, 0.15) is 0 Å². The van der Waals surface area contributed by atoms with Crippen molar-refractivity contribution >= 4 is 0 Å². The fraction of sp³-hybridized carbons (Fsp3) is 0.875. The molecule has 1 rings (SSSR count). The number of rotatable bonds is 6. The van der Waals surface area contributed by atoms with Crippen LogP contribution >= 0.6 is 0 Å². The third-order valence-corrected chi connectivity index (χ3v) is 4.83. The Hall–Kier alpha value is -0.340. The van der Waals surface area contributed by atoms with Gasteiger partial charge >= 0.3 is 0 Å². The highest BCUT2D eigenvalue weighted by Gasteiger charge is 2.43. The average molecular weight is 253 g/mol. The first-order valence-electron chi connectivity index (χ1n) is 7.28. The van der Waals surface area contributed by atoms with E-state index in [-0.39, 0.29) is 5.60 Å². The quantitative estimate of drug-likeness (QED) is 0.725. The van der Waals surface area contributed by atoms with Crippen LogP contribution in [0.25, 0.3) is 0 Å². The van der Waals surface area contributed by atoms with Gasteiger partial charge in [-0.05, 0) is 51.0 Å². The van der Waals surface area contributed by atoms with Crippen molar-refractivity contribution in [2.45, 2.75) is 70.9 Å². The minimum absolute atomic E-state index is 0.00236. The largest absolute Gasteiger partial charge is 0.377 e. The van der Waals surface area contributed by atoms with Gasteiger partial charge in [0.15, 0.2) is 0 Å². The lowest BCUT2D eigenvalue weighted by Gasteiger charge is -2.47. The molecule has 18 heavy (non-hydrogen) atoms. The van der Waals surface area contributed by atoms with E-state index in [1.165, 1.54) is 18.4 Å². The molecule has 1 unspecified atom stereocenters. The van der Waals surface area contributed by atoms with Gasteiger partial charge < -0.3 is 10.1 Å². The lowest BCUT2D eigenvalue weighted by atomic mass is 9.67. The highest BCUT2D eigenvalue weighted by molar-refractivity contribution is 5.05. The van der Waals surface area contributed by atoms with Gasteiger partial charge in [-0.15, -0.1) is 0 Å². The van der Waals surface area contributed by atoms with E-state index in [1.807, 2.05) is 14.2 Å². The molecule has 1 N–H and O–H groups in total. The van der Waals surface area contributed by atoms with Gasteiger partial charge in [0, 0.05) is 13.2 Å². The molecule has 0 amide bonds. The molecule has 0 aromatic heterocycles. The van der Waals surface area contributed by atoms with Gasteiger partial charge in [-0.25, -0.2) is 0 Å². The molecule has 1 aliphatic carbocycles. The first-order valence-corrected chi connectivity index (χ1v) is 7.28. The molecule has 0 radical (unpaired) electrons. The van der Waals surface area contributed by atoms with Crippen LogP contribution in [0.1, 0.15) is 59.3 Å². The van der Waals surface area contributed by atoms with Gasteiger partial charge in [-0.2, -0.15) is 0 Å². The van der Waals surface area contributed by atoms with Crippen molar-refractivity contribution in [3.63, 3.8) is 0 Å². The molecule has 0 aliphatic heterocycles. The van der Waals surface area contributed by atoms with Crippen LogP contribution in [0.2, 0.25) is 0 Å². The predicted octanol–water partition coefficient (Wildman–Crippen LogP) is 3.92. The SMILES string of the molecule is C=C(CC)CC(NC)C1(OC)CCC(C)(C)CC1. The van der Waals surface area contributed by atoms with E-state index in [0.717, 1.165) is 25.7 Å². The molecular weight excluding hydrogens is 222 g/mol. The zero-order chi connectivity index (χ0) is 13.8. The number of nitrogens with one attached hydrogen (secondary N) is 1. The molecule has 0 saturated heterocycles. The maximum atomic E-state index is 5.97. The number of likely N-dealkylation sites (N-methyl/N-ethyl adjacent to an activating group) is 1. The molecule has 1 saturated carbocycles. The van der Waals surface area contributed by atoms with Gasteiger partial charge in [-0.1, -0.05) is 32.9 Å². The Labute approximate surface area is 113 Å². The molecule has 0 bridgehead atoms. The standard InChI is InChI=1S/C16H31NO/c1-7-13(2)12-14(17-5)16(18-6)10-8-15(3,4)9-11-16/h14,17H,2,7-12H2,1,3-6H3. The number of ether oxygens (including phenoxy) is 1. The van der Waals surface area contributed by atoms with E-state index in [4.69, 9.17) is 4.74 Å². The first-order chi connectivity index (χ1) is 8.39. The van der Waals surface area contributed by atoms with Crippen molar-refractivity contribution in [1.29, 1.82) is 0 Å². The fourth-order valence-electron chi connectivity index (χ4n) is 3.03. The van der Waals surface area contributed by atoms with Crippen LogP contribution in [0.5, 0.6) is 0 Å². The lowest BCUT2D eigenvalue weighted by Crippen LogP contribution is -2.54. The Morgan fingerprint density at radius 2 is 1.83 bits per heavy atom. The van der Waals surface area contributed by atoms with Crippen LogP contribution in [0.15, 0.2) is 12.2 Å². The molecule has 1 aliphatic rings. The molecule has 0 spiro atoms. The highest BCUT2D eigenvalue weighted by Crippen LogP contribution is 2.44. The van der Waals surface area contributed by atoms with Gasteiger partial charge in [0.2, 0.25) is 0 Å². The summed E-state index contributed by atoms with van der Waals surface area (Å²) in [4.78, 5) is 0. The summed E-state index contributed by atoms with van der Waals surface area (Å²) < 4.78 is 5.97. The first kappa shape index (κ1) is 15.7. The van der Waals surface area contributed by atoms with Crippen molar-refractivity contribution in [3.05, 3.63) is 12.2 Å². The topological polar surface area (TPSA) is 21.3 Å². The third-order valence-electron chi connectivity index (χ3n) is 4.83. The van der Waals surface area contributed by atoms with Crippen LogP contribution < -0.4 is 5.32 Å². The smallest absolute Gasteiger partial charge is 0.0834 e. The zero-order valence-electron chi connectivity index (χ0n) is 12.9. The Morgan fingerprint density at radius 1 is 1.28 bits per heavy atom. The van der Waals surface area contributed by atoms with Gasteiger partial charge in [0.05, 0.1) is 5.60 Å². The third kappa shape index (κ3) is 3.58. The highest BCUT2D eigenvalue weighted by atomic mass is 16.5.